The molecule has 6 heteroatoms. The molecule has 0 aliphatic carbocycles. The first-order valence-electron chi connectivity index (χ1n) is 7.26. The van der Waals surface area contributed by atoms with Crippen LogP contribution in [0.15, 0.2) is 67.0 Å². The fourth-order valence-corrected chi connectivity index (χ4v) is 2.84. The molecule has 0 unspecified atom stereocenters. The van der Waals surface area contributed by atoms with E-state index in [1.54, 1.807) is 30.3 Å². The van der Waals surface area contributed by atoms with Gasteiger partial charge in [-0.2, -0.15) is 0 Å². The molecule has 1 heterocycles. The molecule has 2 nitrogen and oxygen atoms in total. The third-order valence-electron chi connectivity index (χ3n) is 3.60. The first kappa shape index (κ1) is 19.7. The fourth-order valence-electron chi connectivity index (χ4n) is 2.34. The zero-order chi connectivity index (χ0) is 17.1. The van der Waals surface area contributed by atoms with Crippen LogP contribution in [0, 0.1) is 0 Å². The van der Waals surface area contributed by atoms with Gasteiger partial charge in [-0.25, -0.2) is 4.57 Å². The molecular formula is C19H13Cl4NO. The summed E-state index contributed by atoms with van der Waals surface area (Å²) in [5, 5.41) is 1.59. The van der Waals surface area contributed by atoms with Crippen molar-refractivity contribution in [1.82, 2.24) is 0 Å². The second-order valence-corrected chi connectivity index (χ2v) is 6.62. The average Bonchev–Trinajstić information content (AvgIpc) is 2.59. The van der Waals surface area contributed by atoms with E-state index in [0.717, 1.165) is 5.56 Å². The molecule has 0 aliphatic heterocycles. The summed E-state index contributed by atoms with van der Waals surface area (Å²) in [7, 11) is 0. The lowest BCUT2D eigenvalue weighted by Crippen LogP contribution is -3.00. The highest BCUT2D eigenvalue weighted by atomic mass is 35.5. The van der Waals surface area contributed by atoms with Gasteiger partial charge in [0, 0.05) is 38.9 Å². The van der Waals surface area contributed by atoms with Gasteiger partial charge < -0.3 is 12.4 Å². The zero-order valence-corrected chi connectivity index (χ0v) is 15.9. The minimum Gasteiger partial charge on any atom is -1.00 e. The molecule has 1 aromatic heterocycles. The first-order chi connectivity index (χ1) is 11.5. The van der Waals surface area contributed by atoms with Gasteiger partial charge in [0.1, 0.15) is 0 Å². The quantitative estimate of drug-likeness (QED) is 0.475. The molecule has 0 atom stereocenters. The standard InChI is InChI=1S/C19H13Cl3NO.ClH/c20-15-3-1-13(2-4-15)12-23-9-7-14(8-10-23)19(24)17-11-16(21)5-6-18(17)22;/h1-11H,12H2;1H/q+1;/p-1. The summed E-state index contributed by atoms with van der Waals surface area (Å²) in [6.45, 7) is 0.698. The molecule has 0 bridgehead atoms. The van der Waals surface area contributed by atoms with E-state index in [1.807, 2.05) is 41.2 Å². The summed E-state index contributed by atoms with van der Waals surface area (Å²) >= 11 is 17.9. The molecule has 0 saturated carbocycles. The Bertz CT molecular complexity index is 877. The van der Waals surface area contributed by atoms with Crippen LogP contribution in [0.4, 0.5) is 0 Å². The molecule has 0 fully saturated rings. The predicted molar refractivity (Wildman–Crippen MR) is 97.1 cm³/mol. The maximum atomic E-state index is 12.6. The Balaban J connectivity index is 0.00000225. The van der Waals surface area contributed by atoms with Crippen molar-refractivity contribution in [3.63, 3.8) is 0 Å². The van der Waals surface area contributed by atoms with Gasteiger partial charge in [-0.3, -0.25) is 4.79 Å². The fraction of sp³-hybridized carbons (Fsp3) is 0.0526. The van der Waals surface area contributed by atoms with Crippen LogP contribution in [0.5, 0.6) is 0 Å². The van der Waals surface area contributed by atoms with E-state index in [2.05, 4.69) is 0 Å². The number of hydrogen-bond donors (Lipinski definition) is 0. The Labute approximate surface area is 167 Å². The van der Waals surface area contributed by atoms with Crippen molar-refractivity contribution in [2.75, 3.05) is 0 Å². The number of carbonyl (C=O) groups is 1. The number of ketones is 1. The van der Waals surface area contributed by atoms with Crippen LogP contribution in [-0.2, 0) is 6.54 Å². The normalized spacial score (nSPS) is 10.2. The van der Waals surface area contributed by atoms with Crippen molar-refractivity contribution in [3.05, 3.63) is 98.7 Å². The van der Waals surface area contributed by atoms with E-state index in [0.29, 0.717) is 32.7 Å². The lowest BCUT2D eigenvalue weighted by molar-refractivity contribution is -0.688. The van der Waals surface area contributed by atoms with Crippen molar-refractivity contribution < 1.29 is 21.8 Å². The lowest BCUT2D eigenvalue weighted by atomic mass is 10.0. The predicted octanol–water partition coefficient (Wildman–Crippen LogP) is 2.22. The van der Waals surface area contributed by atoms with Gasteiger partial charge in [0.25, 0.3) is 0 Å². The molecule has 0 saturated heterocycles. The zero-order valence-electron chi connectivity index (χ0n) is 12.9. The van der Waals surface area contributed by atoms with Gasteiger partial charge in [-0.15, -0.1) is 0 Å². The Morgan fingerprint density at radius 3 is 2.08 bits per heavy atom. The molecule has 0 amide bonds. The van der Waals surface area contributed by atoms with Crippen molar-refractivity contribution >= 4 is 40.6 Å². The van der Waals surface area contributed by atoms with Crippen molar-refractivity contribution in [2.24, 2.45) is 0 Å². The number of benzene rings is 2. The maximum absolute atomic E-state index is 12.6. The summed E-state index contributed by atoms with van der Waals surface area (Å²) in [6.07, 6.45) is 3.72. The molecule has 128 valence electrons. The Hall–Kier alpha value is -1.58. The summed E-state index contributed by atoms with van der Waals surface area (Å²) in [5.41, 5.74) is 2.09. The molecule has 0 aliphatic rings. The van der Waals surface area contributed by atoms with Gasteiger partial charge in [-0.1, -0.05) is 46.9 Å². The van der Waals surface area contributed by atoms with Gasteiger partial charge in [-0.05, 0) is 30.3 Å². The first-order valence-corrected chi connectivity index (χ1v) is 8.39. The molecule has 2 aromatic carbocycles. The van der Waals surface area contributed by atoms with E-state index >= 15 is 0 Å². The second-order valence-electron chi connectivity index (χ2n) is 5.34. The number of pyridine rings is 1. The van der Waals surface area contributed by atoms with E-state index in [-0.39, 0.29) is 18.2 Å². The van der Waals surface area contributed by atoms with Crippen molar-refractivity contribution in [2.45, 2.75) is 6.54 Å². The third kappa shape index (κ3) is 4.96. The average molecular weight is 413 g/mol. The smallest absolute Gasteiger partial charge is 0.195 e. The summed E-state index contributed by atoms with van der Waals surface area (Å²) in [6, 6.07) is 16.1. The Morgan fingerprint density at radius 2 is 1.44 bits per heavy atom. The Morgan fingerprint density at radius 1 is 0.840 bits per heavy atom. The van der Waals surface area contributed by atoms with Gasteiger partial charge in [0.15, 0.2) is 24.7 Å². The van der Waals surface area contributed by atoms with Crippen molar-refractivity contribution in [1.29, 1.82) is 0 Å². The SMILES string of the molecule is O=C(c1cc[n+](Cc2ccc(Cl)cc2)cc1)c1cc(Cl)ccc1Cl.[Cl-]. The third-order valence-corrected chi connectivity index (χ3v) is 4.42. The van der Waals surface area contributed by atoms with Gasteiger partial charge >= 0.3 is 0 Å². The number of hydrogen-bond acceptors (Lipinski definition) is 1. The number of aromatic nitrogens is 1. The molecule has 0 spiro atoms. The number of halogens is 4. The van der Waals surface area contributed by atoms with Crippen LogP contribution in [0.1, 0.15) is 21.5 Å². The molecule has 3 aromatic rings. The number of rotatable bonds is 4. The highest BCUT2D eigenvalue weighted by molar-refractivity contribution is 6.36. The molecular weight excluding hydrogens is 400 g/mol. The number of nitrogens with zero attached hydrogens (tertiary/aromatic N) is 1. The van der Waals surface area contributed by atoms with Crippen LogP contribution in [-0.4, -0.2) is 5.78 Å². The van der Waals surface area contributed by atoms with E-state index < -0.39 is 0 Å². The minimum absolute atomic E-state index is 0. The van der Waals surface area contributed by atoms with Crippen LogP contribution < -0.4 is 17.0 Å². The highest BCUT2D eigenvalue weighted by Gasteiger charge is 2.15. The number of carbonyl (C=O) groups excluding carboxylic acids is 1. The van der Waals surface area contributed by atoms with Gasteiger partial charge in [0.2, 0.25) is 0 Å². The minimum atomic E-state index is -0.152. The van der Waals surface area contributed by atoms with E-state index in [9.17, 15) is 4.79 Å². The molecule has 0 N–H and O–H groups in total. The summed E-state index contributed by atoms with van der Waals surface area (Å²) in [4.78, 5) is 12.6. The van der Waals surface area contributed by atoms with Crippen LogP contribution in [0.2, 0.25) is 15.1 Å². The maximum Gasteiger partial charge on any atom is 0.195 e. The van der Waals surface area contributed by atoms with Gasteiger partial charge in [0.05, 0.1) is 5.02 Å². The van der Waals surface area contributed by atoms with Crippen LogP contribution in [0.3, 0.4) is 0 Å². The highest BCUT2D eigenvalue weighted by Crippen LogP contribution is 2.23. The largest absolute Gasteiger partial charge is 1.00 e. The monoisotopic (exact) mass is 411 g/mol. The lowest BCUT2D eigenvalue weighted by Gasteiger charge is -2.04. The summed E-state index contributed by atoms with van der Waals surface area (Å²) in [5.74, 6) is -0.152. The van der Waals surface area contributed by atoms with Crippen LogP contribution >= 0.6 is 34.8 Å². The van der Waals surface area contributed by atoms with E-state index in [4.69, 9.17) is 34.8 Å². The molecule has 0 radical (unpaired) electrons. The topological polar surface area (TPSA) is 20.9 Å². The van der Waals surface area contributed by atoms with Crippen LogP contribution in [0.25, 0.3) is 0 Å². The van der Waals surface area contributed by atoms with E-state index in [1.165, 1.54) is 0 Å². The Kier molecular flexibility index (Phi) is 6.86. The molecule has 25 heavy (non-hydrogen) atoms. The molecule has 3 rings (SSSR count). The summed E-state index contributed by atoms with van der Waals surface area (Å²) < 4.78 is 1.99. The second kappa shape index (κ2) is 8.68. The van der Waals surface area contributed by atoms with Crippen molar-refractivity contribution in [3.8, 4) is 0 Å².